The van der Waals surface area contributed by atoms with Crippen molar-refractivity contribution in [2.75, 3.05) is 11.9 Å². The highest BCUT2D eigenvalue weighted by atomic mass is 15.1. The summed E-state index contributed by atoms with van der Waals surface area (Å²) >= 11 is 0. The molecule has 318 valence electrons. The first-order chi connectivity index (χ1) is 31.4. The molecule has 0 aliphatic carbocycles. The summed E-state index contributed by atoms with van der Waals surface area (Å²) in [6.45, 7) is 18.7. The Morgan fingerprint density at radius 3 is 2.03 bits per heavy atom. The number of anilines is 1. The van der Waals surface area contributed by atoms with Crippen LogP contribution in [0.4, 0.5) is 5.69 Å². The van der Waals surface area contributed by atoms with Crippen molar-refractivity contribution >= 4 is 65.9 Å². The van der Waals surface area contributed by atoms with Gasteiger partial charge in [-0.15, -0.1) is 0 Å². The molecule has 1 unspecified atom stereocenters. The molecule has 4 nitrogen and oxygen atoms in total. The lowest BCUT2D eigenvalue weighted by Gasteiger charge is -2.23. The summed E-state index contributed by atoms with van der Waals surface area (Å²) in [4.78, 5) is 11.8. The third-order valence-electron chi connectivity index (χ3n) is 11.6. The Kier molecular flexibility index (Phi) is 14.6. The summed E-state index contributed by atoms with van der Waals surface area (Å²) in [5.41, 5.74) is 10.8. The number of pyridine rings is 1. The van der Waals surface area contributed by atoms with Crippen LogP contribution in [0.1, 0.15) is 63.2 Å². The standard InChI is InChI=1S/C58H52N4.C2H6/c1-7-9-23-44(46-36-38-52-50-27-12-11-25-48(50)49-26-13-14-28-51(49)53(52)40-46)34-35-45-24-10-16-31-56(45)61(6)47(8-2)37-33-43(5)62-57-32-17-15-30-55(57)60-58(62)42(4)22-20-21-41(3)54-29-18-19-39-59-54;1-2/h7-34,36-40,42H,1-2,35H2,3-6H3;1-2H3/b22-20-,23-9-,41-21+,43-33+,44-34+,47-37+;. The number of likely N-dealkylation sites (N-methyl/N-ethyl adjacent to an activating group) is 1. The zero-order chi connectivity index (χ0) is 45.0. The van der Waals surface area contributed by atoms with Gasteiger partial charge in [-0.3, -0.25) is 9.55 Å². The first kappa shape index (κ1) is 44.5. The van der Waals surface area contributed by atoms with Gasteiger partial charge in [0.1, 0.15) is 5.82 Å². The zero-order valence-corrected chi connectivity index (χ0v) is 38.0. The van der Waals surface area contributed by atoms with Gasteiger partial charge >= 0.3 is 0 Å². The second-order valence-corrected chi connectivity index (χ2v) is 15.6. The highest BCUT2D eigenvalue weighted by Crippen LogP contribution is 2.37. The summed E-state index contributed by atoms with van der Waals surface area (Å²) in [6.07, 6.45) is 23.6. The van der Waals surface area contributed by atoms with Crippen molar-refractivity contribution in [1.29, 1.82) is 0 Å². The van der Waals surface area contributed by atoms with Crippen LogP contribution in [-0.2, 0) is 6.42 Å². The molecule has 8 rings (SSSR count). The Bertz CT molecular complexity index is 3100. The number of aromatic nitrogens is 3. The molecule has 0 radical (unpaired) electrons. The van der Waals surface area contributed by atoms with Crippen molar-refractivity contribution in [1.82, 2.24) is 14.5 Å². The average molecular weight is 835 g/mol. The van der Waals surface area contributed by atoms with E-state index in [-0.39, 0.29) is 5.92 Å². The maximum absolute atomic E-state index is 5.12. The van der Waals surface area contributed by atoms with Gasteiger partial charge in [0.15, 0.2) is 0 Å². The third-order valence-corrected chi connectivity index (χ3v) is 11.6. The van der Waals surface area contributed by atoms with E-state index in [9.17, 15) is 0 Å². The van der Waals surface area contributed by atoms with Crippen molar-refractivity contribution in [3.8, 4) is 0 Å². The lowest BCUT2D eigenvalue weighted by molar-refractivity contribution is 0.828. The fraction of sp³-hybridized carbons (Fsp3) is 0.133. The Morgan fingerprint density at radius 1 is 0.703 bits per heavy atom. The first-order valence-electron chi connectivity index (χ1n) is 22.3. The number of rotatable bonds is 14. The number of allylic oxidation sites excluding steroid dienone is 13. The van der Waals surface area contributed by atoms with Crippen LogP contribution < -0.4 is 4.90 Å². The highest BCUT2D eigenvalue weighted by Gasteiger charge is 2.17. The number of fused-ring (bicyclic) bond motifs is 7. The van der Waals surface area contributed by atoms with E-state index in [2.05, 4.69) is 207 Å². The molecule has 0 aliphatic heterocycles. The second kappa shape index (κ2) is 21.0. The number of para-hydroxylation sites is 3. The first-order valence-corrected chi connectivity index (χ1v) is 22.3. The molecule has 8 aromatic rings. The SMILES string of the molecule is C=C/C=C\C(=C/Cc1ccccc1N(C)/C(C=C)=C/C=C(\C)n1c(C(C)/C=C\C=C(/C)c2ccccn2)nc2ccccc21)c1ccc2c3ccccc3c3ccccc3c2c1.CC. The second-order valence-electron chi connectivity index (χ2n) is 15.6. The Labute approximate surface area is 379 Å². The number of benzene rings is 6. The van der Waals surface area contributed by atoms with Crippen molar-refractivity contribution < 1.29 is 0 Å². The smallest absolute Gasteiger partial charge is 0.120 e. The molecule has 0 aliphatic rings. The minimum Gasteiger partial charge on any atom is -0.344 e. The molecule has 0 saturated carbocycles. The predicted octanol–water partition coefficient (Wildman–Crippen LogP) is 16.1. The van der Waals surface area contributed by atoms with Gasteiger partial charge in [0.2, 0.25) is 0 Å². The van der Waals surface area contributed by atoms with E-state index < -0.39 is 0 Å². The van der Waals surface area contributed by atoms with Gasteiger partial charge in [0.05, 0.1) is 16.7 Å². The van der Waals surface area contributed by atoms with Gasteiger partial charge < -0.3 is 4.90 Å². The molecule has 2 heterocycles. The molecule has 2 aromatic heterocycles. The Balaban J connectivity index is 0.00000302. The molecule has 0 fully saturated rings. The molecule has 0 N–H and O–H groups in total. The van der Waals surface area contributed by atoms with Crippen molar-refractivity contribution in [3.05, 3.63) is 242 Å². The van der Waals surface area contributed by atoms with E-state index in [0.29, 0.717) is 0 Å². The van der Waals surface area contributed by atoms with E-state index in [1.807, 2.05) is 62.5 Å². The number of hydrogen-bond acceptors (Lipinski definition) is 3. The molecule has 0 bridgehead atoms. The molecule has 64 heavy (non-hydrogen) atoms. The summed E-state index contributed by atoms with van der Waals surface area (Å²) in [7, 11) is 2.11. The average Bonchev–Trinajstić information content (AvgIpc) is 3.75. The van der Waals surface area contributed by atoms with Gasteiger partial charge in [-0.1, -0.05) is 174 Å². The molecule has 0 spiro atoms. The van der Waals surface area contributed by atoms with Gasteiger partial charge in [-0.05, 0) is 129 Å². The lowest BCUT2D eigenvalue weighted by Crippen LogP contribution is -2.16. The molecule has 4 heteroatoms. The molecule has 0 saturated heterocycles. The summed E-state index contributed by atoms with van der Waals surface area (Å²) in [5.74, 6) is 1.04. The number of hydrogen-bond donors (Lipinski definition) is 0. The van der Waals surface area contributed by atoms with Gasteiger partial charge in [-0.2, -0.15) is 0 Å². The minimum absolute atomic E-state index is 0.0593. The normalized spacial score (nSPS) is 13.2. The zero-order valence-electron chi connectivity index (χ0n) is 38.0. The van der Waals surface area contributed by atoms with Crippen LogP contribution >= 0.6 is 0 Å². The van der Waals surface area contributed by atoms with Gasteiger partial charge in [0, 0.05) is 36.2 Å². The largest absolute Gasteiger partial charge is 0.344 e. The minimum atomic E-state index is 0.0593. The number of imidazole rings is 1. The topological polar surface area (TPSA) is 34.0 Å². The molecule has 0 amide bonds. The lowest BCUT2D eigenvalue weighted by atomic mass is 9.91. The van der Waals surface area contributed by atoms with E-state index in [1.165, 1.54) is 43.4 Å². The monoisotopic (exact) mass is 834 g/mol. The fourth-order valence-electron chi connectivity index (χ4n) is 8.36. The van der Waals surface area contributed by atoms with Crippen LogP contribution in [0.3, 0.4) is 0 Å². The Hall–Kier alpha value is -7.56. The van der Waals surface area contributed by atoms with Crippen LogP contribution in [0.25, 0.3) is 60.2 Å². The van der Waals surface area contributed by atoms with E-state index in [0.717, 1.165) is 57.2 Å². The third kappa shape index (κ3) is 9.57. The van der Waals surface area contributed by atoms with Crippen molar-refractivity contribution in [2.24, 2.45) is 0 Å². The van der Waals surface area contributed by atoms with Crippen molar-refractivity contribution in [3.63, 3.8) is 0 Å². The number of nitrogens with zero attached hydrogens (tertiary/aromatic N) is 4. The molecular weight excluding hydrogens is 777 g/mol. The van der Waals surface area contributed by atoms with Crippen LogP contribution in [0.5, 0.6) is 0 Å². The summed E-state index contributed by atoms with van der Waals surface area (Å²) < 4.78 is 2.27. The van der Waals surface area contributed by atoms with Crippen molar-refractivity contribution in [2.45, 2.75) is 47.0 Å². The van der Waals surface area contributed by atoms with Crippen LogP contribution in [0.2, 0.25) is 0 Å². The molecule has 6 aromatic carbocycles. The van der Waals surface area contributed by atoms with E-state index in [4.69, 9.17) is 4.98 Å². The van der Waals surface area contributed by atoms with Crippen LogP contribution in [-0.4, -0.2) is 21.6 Å². The fourth-order valence-corrected chi connectivity index (χ4v) is 8.36. The summed E-state index contributed by atoms with van der Waals surface area (Å²) in [6, 6.07) is 47.3. The highest BCUT2D eigenvalue weighted by molar-refractivity contribution is 6.25. The molecule has 1 atom stereocenters. The predicted molar refractivity (Wildman–Crippen MR) is 280 cm³/mol. The van der Waals surface area contributed by atoms with Gasteiger partial charge in [-0.25, -0.2) is 4.98 Å². The van der Waals surface area contributed by atoms with Crippen LogP contribution in [0.15, 0.2) is 219 Å². The molecular formula is C60H58N4. The summed E-state index contributed by atoms with van der Waals surface area (Å²) in [5, 5.41) is 7.61. The quantitative estimate of drug-likeness (QED) is 0.0808. The van der Waals surface area contributed by atoms with E-state index >= 15 is 0 Å². The maximum atomic E-state index is 5.12. The van der Waals surface area contributed by atoms with E-state index in [1.54, 1.807) is 0 Å². The maximum Gasteiger partial charge on any atom is 0.120 e. The van der Waals surface area contributed by atoms with Crippen LogP contribution in [0, 0.1) is 0 Å². The van der Waals surface area contributed by atoms with Gasteiger partial charge in [0.25, 0.3) is 0 Å². The Morgan fingerprint density at radius 2 is 1.34 bits per heavy atom.